The molecule has 0 aliphatic carbocycles. The van der Waals surface area contributed by atoms with Crippen LogP contribution in [-0.4, -0.2) is 30.9 Å². The van der Waals surface area contributed by atoms with E-state index in [-0.39, 0.29) is 11.2 Å². The van der Waals surface area contributed by atoms with E-state index in [1.807, 2.05) is 38.3 Å². The van der Waals surface area contributed by atoms with Crippen LogP contribution in [0.4, 0.5) is 9.52 Å². The fraction of sp³-hybridized carbons (Fsp3) is 0.211. The molecule has 0 saturated heterocycles. The van der Waals surface area contributed by atoms with Crippen LogP contribution in [-0.2, 0) is 5.41 Å². The van der Waals surface area contributed by atoms with Crippen LogP contribution in [0.3, 0.4) is 0 Å². The van der Waals surface area contributed by atoms with Gasteiger partial charge in [0.2, 0.25) is 11.0 Å². The van der Waals surface area contributed by atoms with Gasteiger partial charge >= 0.3 is 0 Å². The molecule has 0 fully saturated rings. The molecule has 1 amide bonds. The largest absolute Gasteiger partial charge is 0.297 e. The molecular weight excluding hydrogens is 411 g/mol. The maximum absolute atomic E-state index is 13.7. The zero-order valence-electron chi connectivity index (χ0n) is 15.9. The van der Waals surface area contributed by atoms with E-state index < -0.39 is 11.7 Å². The van der Waals surface area contributed by atoms with Crippen molar-refractivity contribution in [1.29, 1.82) is 0 Å². The van der Waals surface area contributed by atoms with Crippen molar-refractivity contribution in [2.75, 3.05) is 5.32 Å². The maximum atomic E-state index is 13.7. The predicted octanol–water partition coefficient (Wildman–Crippen LogP) is 4.54. The smallest absolute Gasteiger partial charge is 0.294 e. The molecule has 3 heterocycles. The minimum Gasteiger partial charge on any atom is -0.294 e. The van der Waals surface area contributed by atoms with Crippen LogP contribution >= 0.6 is 22.7 Å². The van der Waals surface area contributed by atoms with Crippen LogP contribution in [0.5, 0.6) is 0 Å². The highest BCUT2D eigenvalue weighted by Gasteiger charge is 2.23. The third kappa shape index (κ3) is 4.08. The summed E-state index contributed by atoms with van der Waals surface area (Å²) >= 11 is 2.76. The van der Waals surface area contributed by atoms with Crippen molar-refractivity contribution in [2.45, 2.75) is 26.2 Å². The van der Waals surface area contributed by atoms with Crippen molar-refractivity contribution >= 4 is 33.7 Å². The van der Waals surface area contributed by atoms with E-state index in [1.54, 1.807) is 12.1 Å². The SMILES string of the molecule is CC(C)(C)c1nnc(NC(=O)c2nc(-c3cccs3)n(-c3cccc(F)c3)n2)s1. The second-order valence-corrected chi connectivity index (χ2v) is 9.17. The fourth-order valence-electron chi connectivity index (χ4n) is 2.49. The molecule has 0 aliphatic heterocycles. The highest BCUT2D eigenvalue weighted by molar-refractivity contribution is 7.15. The molecule has 10 heteroatoms. The zero-order valence-corrected chi connectivity index (χ0v) is 17.5. The Morgan fingerprint density at radius 2 is 2.00 bits per heavy atom. The third-order valence-corrected chi connectivity index (χ3v) is 6.02. The number of nitrogens with one attached hydrogen (secondary N) is 1. The van der Waals surface area contributed by atoms with E-state index in [2.05, 4.69) is 25.6 Å². The molecule has 0 radical (unpaired) electrons. The van der Waals surface area contributed by atoms with Crippen molar-refractivity contribution in [2.24, 2.45) is 0 Å². The van der Waals surface area contributed by atoms with Crippen molar-refractivity contribution < 1.29 is 9.18 Å². The van der Waals surface area contributed by atoms with E-state index in [1.165, 1.54) is 39.5 Å². The summed E-state index contributed by atoms with van der Waals surface area (Å²) in [7, 11) is 0. The summed E-state index contributed by atoms with van der Waals surface area (Å²) in [6.45, 7) is 6.07. The number of benzene rings is 1. The van der Waals surface area contributed by atoms with E-state index in [0.717, 1.165) is 9.88 Å². The molecule has 0 atom stereocenters. The van der Waals surface area contributed by atoms with Gasteiger partial charge in [0.25, 0.3) is 5.91 Å². The molecule has 7 nitrogen and oxygen atoms in total. The number of thiophene rings is 1. The lowest BCUT2D eigenvalue weighted by Crippen LogP contribution is -2.14. The Bertz CT molecular complexity index is 1160. The Balaban J connectivity index is 1.68. The predicted molar refractivity (Wildman–Crippen MR) is 111 cm³/mol. The molecular formula is C19H17FN6OS2. The normalized spacial score (nSPS) is 11.6. The van der Waals surface area contributed by atoms with E-state index >= 15 is 0 Å². The van der Waals surface area contributed by atoms with Gasteiger partial charge in [-0.25, -0.2) is 14.1 Å². The summed E-state index contributed by atoms with van der Waals surface area (Å²) in [5.41, 5.74) is 0.315. The first-order valence-electron chi connectivity index (χ1n) is 8.73. The summed E-state index contributed by atoms with van der Waals surface area (Å²) in [4.78, 5) is 17.9. The van der Waals surface area contributed by atoms with E-state index in [0.29, 0.717) is 16.6 Å². The second-order valence-electron chi connectivity index (χ2n) is 7.24. The number of carbonyl (C=O) groups excluding carboxylic acids is 1. The lowest BCUT2D eigenvalue weighted by Gasteiger charge is -2.12. The number of halogens is 1. The Labute approximate surface area is 174 Å². The van der Waals surface area contributed by atoms with Gasteiger partial charge in [0, 0.05) is 5.41 Å². The van der Waals surface area contributed by atoms with Gasteiger partial charge in [-0.15, -0.1) is 26.6 Å². The fourth-order valence-corrected chi connectivity index (χ4v) is 3.99. The van der Waals surface area contributed by atoms with Gasteiger partial charge < -0.3 is 0 Å². The summed E-state index contributed by atoms with van der Waals surface area (Å²) in [6, 6.07) is 9.72. The van der Waals surface area contributed by atoms with Crippen LogP contribution in [0, 0.1) is 5.82 Å². The topological polar surface area (TPSA) is 85.6 Å². The van der Waals surface area contributed by atoms with E-state index in [4.69, 9.17) is 0 Å². The van der Waals surface area contributed by atoms with Gasteiger partial charge in [0.15, 0.2) is 5.82 Å². The number of rotatable bonds is 4. The molecule has 0 bridgehead atoms. The monoisotopic (exact) mass is 428 g/mol. The molecule has 1 aromatic carbocycles. The third-order valence-electron chi connectivity index (χ3n) is 3.89. The highest BCUT2D eigenvalue weighted by Crippen LogP contribution is 2.29. The molecule has 4 aromatic rings. The number of hydrogen-bond donors (Lipinski definition) is 1. The quantitative estimate of drug-likeness (QED) is 0.516. The van der Waals surface area contributed by atoms with Crippen LogP contribution in [0.2, 0.25) is 0 Å². The van der Waals surface area contributed by atoms with Crippen LogP contribution in [0.1, 0.15) is 36.4 Å². The minimum atomic E-state index is -0.505. The number of nitrogens with zero attached hydrogens (tertiary/aromatic N) is 5. The number of carbonyl (C=O) groups is 1. The Morgan fingerprint density at radius 3 is 2.66 bits per heavy atom. The molecule has 4 rings (SSSR count). The minimum absolute atomic E-state index is 0.0369. The molecule has 29 heavy (non-hydrogen) atoms. The van der Waals surface area contributed by atoms with E-state index in [9.17, 15) is 9.18 Å². The first kappa shape index (κ1) is 19.3. The lowest BCUT2D eigenvalue weighted by molar-refractivity contribution is 0.101. The lowest BCUT2D eigenvalue weighted by atomic mass is 9.98. The summed E-state index contributed by atoms with van der Waals surface area (Å²) in [5, 5.41) is 18.2. The first-order chi connectivity index (χ1) is 13.8. The average Bonchev–Trinajstić information content (AvgIpc) is 3.40. The van der Waals surface area contributed by atoms with Gasteiger partial charge in [-0.05, 0) is 29.6 Å². The van der Waals surface area contributed by atoms with Crippen molar-refractivity contribution in [3.05, 3.63) is 58.4 Å². The number of amides is 1. The second kappa shape index (κ2) is 7.45. The summed E-state index contributed by atoms with van der Waals surface area (Å²) < 4.78 is 15.2. The molecule has 0 aliphatic rings. The molecule has 0 saturated carbocycles. The molecule has 1 N–H and O–H groups in total. The summed E-state index contributed by atoms with van der Waals surface area (Å²) in [5.74, 6) is -0.479. The Morgan fingerprint density at radius 1 is 1.17 bits per heavy atom. The summed E-state index contributed by atoms with van der Waals surface area (Å²) in [6.07, 6.45) is 0. The number of aromatic nitrogens is 5. The van der Waals surface area contributed by atoms with Crippen molar-refractivity contribution in [3.63, 3.8) is 0 Å². The van der Waals surface area contributed by atoms with Gasteiger partial charge in [0.05, 0.1) is 10.6 Å². The maximum Gasteiger partial charge on any atom is 0.297 e. The molecule has 148 valence electrons. The first-order valence-corrected chi connectivity index (χ1v) is 10.4. The Hall–Kier alpha value is -2.98. The molecule has 0 spiro atoms. The molecule has 0 unspecified atom stereocenters. The van der Waals surface area contributed by atoms with Crippen LogP contribution in [0.15, 0.2) is 41.8 Å². The highest BCUT2D eigenvalue weighted by atomic mass is 32.1. The number of anilines is 1. The number of hydrogen-bond acceptors (Lipinski definition) is 7. The van der Waals surface area contributed by atoms with Crippen LogP contribution < -0.4 is 5.32 Å². The Kier molecular flexibility index (Phi) is 4.97. The zero-order chi connectivity index (χ0) is 20.6. The standard InChI is InChI=1S/C19H17FN6OS2/c1-19(2,3)17-23-24-18(29-17)22-16(27)14-21-15(13-8-5-9-28-13)26(25-14)12-7-4-6-11(20)10-12/h4-10H,1-3H3,(H,22,24,27). The van der Waals surface area contributed by atoms with Gasteiger partial charge in [-0.3, -0.25) is 10.1 Å². The van der Waals surface area contributed by atoms with Gasteiger partial charge in [-0.2, -0.15) is 0 Å². The average molecular weight is 429 g/mol. The molecule has 3 aromatic heterocycles. The van der Waals surface area contributed by atoms with Gasteiger partial charge in [-0.1, -0.05) is 44.2 Å². The van der Waals surface area contributed by atoms with Crippen LogP contribution in [0.25, 0.3) is 16.4 Å². The van der Waals surface area contributed by atoms with Crippen molar-refractivity contribution in [1.82, 2.24) is 25.0 Å². The van der Waals surface area contributed by atoms with Gasteiger partial charge in [0.1, 0.15) is 10.8 Å². The van der Waals surface area contributed by atoms with Crippen molar-refractivity contribution in [3.8, 4) is 16.4 Å².